The Labute approximate surface area is 183 Å². The third kappa shape index (κ3) is 3.91. The van der Waals surface area contributed by atoms with Crippen LogP contribution in [0.5, 0.6) is 0 Å². The summed E-state index contributed by atoms with van der Waals surface area (Å²) in [6, 6.07) is 5.97. The van der Waals surface area contributed by atoms with E-state index in [2.05, 4.69) is 79.1 Å². The van der Waals surface area contributed by atoms with Crippen molar-refractivity contribution >= 4 is 10.9 Å². The molecule has 7 heteroatoms. The van der Waals surface area contributed by atoms with Gasteiger partial charge in [0.15, 0.2) is 5.82 Å². The molecule has 1 aromatic carbocycles. The molecule has 3 heterocycles. The molecule has 7 nitrogen and oxygen atoms in total. The van der Waals surface area contributed by atoms with Crippen LogP contribution < -0.4 is 5.56 Å². The number of pyridine rings is 1. The quantitative estimate of drug-likeness (QED) is 0.670. The largest absolute Gasteiger partial charge is 0.321 e. The third-order valence-electron chi connectivity index (χ3n) is 7.23. The van der Waals surface area contributed by atoms with Gasteiger partial charge in [0.25, 0.3) is 5.56 Å². The summed E-state index contributed by atoms with van der Waals surface area (Å²) in [5.41, 5.74) is 3.61. The number of nitrogens with one attached hydrogen (secondary N) is 1. The van der Waals surface area contributed by atoms with Crippen molar-refractivity contribution < 1.29 is 0 Å². The maximum Gasteiger partial charge on any atom is 0.253 e. The second-order valence-corrected chi connectivity index (χ2v) is 9.76. The minimum absolute atomic E-state index is 0.0614. The maximum absolute atomic E-state index is 13.4. The zero-order valence-electron chi connectivity index (χ0n) is 19.6. The second kappa shape index (κ2) is 8.19. The summed E-state index contributed by atoms with van der Waals surface area (Å²) >= 11 is 0. The Kier molecular flexibility index (Phi) is 5.73. The van der Waals surface area contributed by atoms with Crippen molar-refractivity contribution in [3.63, 3.8) is 0 Å². The fourth-order valence-electron chi connectivity index (χ4n) is 4.48. The van der Waals surface area contributed by atoms with E-state index < -0.39 is 0 Å². The number of hydrogen-bond donors (Lipinski definition) is 1. The monoisotopic (exact) mass is 422 g/mol. The number of H-pyrrole nitrogens is 1. The summed E-state index contributed by atoms with van der Waals surface area (Å²) in [5.74, 6) is 1.44. The van der Waals surface area contributed by atoms with E-state index in [1.807, 2.05) is 10.7 Å². The summed E-state index contributed by atoms with van der Waals surface area (Å²) < 4.78 is 1.92. The van der Waals surface area contributed by atoms with E-state index in [1.165, 1.54) is 5.56 Å². The average Bonchev–Trinajstić information content (AvgIpc) is 3.24. The smallest absolute Gasteiger partial charge is 0.253 e. The number of aromatic nitrogens is 5. The van der Waals surface area contributed by atoms with Gasteiger partial charge in [-0.1, -0.05) is 26.0 Å². The molecule has 1 fully saturated rings. The minimum Gasteiger partial charge on any atom is -0.321 e. The number of nitrogens with zero attached hydrogens (tertiary/aromatic N) is 5. The lowest BCUT2D eigenvalue weighted by molar-refractivity contribution is 0.143. The Hall–Kier alpha value is -2.54. The highest BCUT2D eigenvalue weighted by Crippen LogP contribution is 2.33. The number of aryl methyl sites for hydroxylation is 2. The van der Waals surface area contributed by atoms with Gasteiger partial charge in [-0.05, 0) is 99.0 Å². The highest BCUT2D eigenvalue weighted by molar-refractivity contribution is 5.83. The molecule has 0 unspecified atom stereocenters. The van der Waals surface area contributed by atoms with Crippen molar-refractivity contribution in [2.45, 2.75) is 72.4 Å². The highest BCUT2D eigenvalue weighted by Gasteiger charge is 2.35. The lowest BCUT2D eigenvalue weighted by Gasteiger charge is -2.37. The first-order chi connectivity index (χ1) is 14.7. The molecule has 1 aliphatic rings. The number of fused-ring (bicyclic) bond motifs is 1. The van der Waals surface area contributed by atoms with Gasteiger partial charge < -0.3 is 4.98 Å². The van der Waals surface area contributed by atoms with Crippen molar-refractivity contribution in [1.29, 1.82) is 0 Å². The number of benzene rings is 1. The maximum atomic E-state index is 13.4. The number of tetrazole rings is 1. The van der Waals surface area contributed by atoms with Gasteiger partial charge in [0, 0.05) is 5.56 Å². The first-order valence-electron chi connectivity index (χ1n) is 11.4. The molecular weight excluding hydrogens is 388 g/mol. The molecule has 166 valence electrons. The minimum atomic E-state index is -0.275. The Bertz CT molecular complexity index is 1140. The molecule has 1 N–H and O–H groups in total. The lowest BCUT2D eigenvalue weighted by Crippen LogP contribution is -2.41. The van der Waals surface area contributed by atoms with Crippen molar-refractivity contribution in [3.8, 4) is 0 Å². The van der Waals surface area contributed by atoms with Gasteiger partial charge >= 0.3 is 0 Å². The summed E-state index contributed by atoms with van der Waals surface area (Å²) in [7, 11) is 0. The van der Waals surface area contributed by atoms with E-state index in [0.29, 0.717) is 11.5 Å². The summed E-state index contributed by atoms with van der Waals surface area (Å²) in [4.78, 5) is 19.0. The number of hydrogen-bond acceptors (Lipinski definition) is 5. The van der Waals surface area contributed by atoms with Crippen LogP contribution in [-0.4, -0.2) is 43.2 Å². The third-order valence-corrected chi connectivity index (χ3v) is 7.23. The Morgan fingerprint density at radius 1 is 1.23 bits per heavy atom. The predicted octanol–water partition coefficient (Wildman–Crippen LogP) is 4.10. The van der Waals surface area contributed by atoms with Crippen molar-refractivity contribution in [3.05, 3.63) is 51.1 Å². The molecule has 1 atom stereocenters. The Balaban J connectivity index is 1.91. The molecule has 31 heavy (non-hydrogen) atoms. The van der Waals surface area contributed by atoms with Crippen LogP contribution in [0.2, 0.25) is 0 Å². The van der Waals surface area contributed by atoms with Crippen LogP contribution in [0.1, 0.15) is 75.5 Å². The van der Waals surface area contributed by atoms with Crippen LogP contribution in [0.15, 0.2) is 23.0 Å². The number of piperidine rings is 1. The molecule has 4 rings (SSSR count). The van der Waals surface area contributed by atoms with Crippen LogP contribution in [-0.2, 0) is 5.54 Å². The summed E-state index contributed by atoms with van der Waals surface area (Å²) in [6.07, 6.45) is 3.11. The molecule has 1 aliphatic heterocycles. The molecule has 2 aromatic heterocycles. The van der Waals surface area contributed by atoms with Crippen molar-refractivity contribution in [2.75, 3.05) is 13.1 Å². The van der Waals surface area contributed by atoms with E-state index >= 15 is 0 Å². The normalized spacial score (nSPS) is 17.4. The number of likely N-dealkylation sites (tertiary alicyclic amines) is 1. The van der Waals surface area contributed by atoms with E-state index in [-0.39, 0.29) is 17.1 Å². The molecule has 0 saturated carbocycles. The fraction of sp³-hybridized carbons (Fsp3) is 0.583. The molecule has 3 aromatic rings. The van der Waals surface area contributed by atoms with Crippen LogP contribution >= 0.6 is 0 Å². The Morgan fingerprint density at radius 2 is 1.94 bits per heavy atom. The van der Waals surface area contributed by atoms with Gasteiger partial charge in [-0.25, -0.2) is 4.68 Å². The Morgan fingerprint density at radius 3 is 2.61 bits per heavy atom. The molecule has 0 aliphatic carbocycles. The summed E-state index contributed by atoms with van der Waals surface area (Å²) in [6.45, 7) is 14.7. The van der Waals surface area contributed by atoms with Gasteiger partial charge in [-0.3, -0.25) is 9.69 Å². The molecule has 0 radical (unpaired) electrons. The van der Waals surface area contributed by atoms with E-state index in [1.54, 1.807) is 0 Å². The van der Waals surface area contributed by atoms with Gasteiger partial charge in [0.05, 0.1) is 11.1 Å². The van der Waals surface area contributed by atoms with Crippen LogP contribution in [0.4, 0.5) is 0 Å². The van der Waals surface area contributed by atoms with Crippen LogP contribution in [0.3, 0.4) is 0 Å². The second-order valence-electron chi connectivity index (χ2n) is 9.76. The van der Waals surface area contributed by atoms with Gasteiger partial charge in [0.1, 0.15) is 6.04 Å². The summed E-state index contributed by atoms with van der Waals surface area (Å²) in [5, 5.41) is 13.9. The first kappa shape index (κ1) is 21.7. The van der Waals surface area contributed by atoms with Gasteiger partial charge in [-0.15, -0.1) is 5.10 Å². The topological polar surface area (TPSA) is 79.7 Å². The number of rotatable bonds is 5. The van der Waals surface area contributed by atoms with Crippen LogP contribution in [0.25, 0.3) is 10.9 Å². The predicted molar refractivity (Wildman–Crippen MR) is 123 cm³/mol. The molecular formula is C24H34N6O. The molecule has 0 spiro atoms. The van der Waals surface area contributed by atoms with E-state index in [9.17, 15) is 4.79 Å². The van der Waals surface area contributed by atoms with Crippen molar-refractivity contribution in [1.82, 2.24) is 30.1 Å². The van der Waals surface area contributed by atoms with Gasteiger partial charge in [0.2, 0.25) is 0 Å². The van der Waals surface area contributed by atoms with E-state index in [0.717, 1.165) is 54.6 Å². The van der Waals surface area contributed by atoms with Crippen molar-refractivity contribution in [2.24, 2.45) is 5.92 Å². The molecule has 0 bridgehead atoms. The SMILES string of the molecule is CCC(C)(C)n1nnnc1[C@H](c1cc2ccc(C)c(C)c2[nH]c1=O)N1CCC(C)CC1. The average molecular weight is 423 g/mol. The zero-order valence-corrected chi connectivity index (χ0v) is 19.6. The molecule has 1 saturated heterocycles. The zero-order chi connectivity index (χ0) is 22.3. The number of aromatic amines is 1. The first-order valence-corrected chi connectivity index (χ1v) is 11.4. The fourth-order valence-corrected chi connectivity index (χ4v) is 4.48. The molecule has 0 amide bonds. The van der Waals surface area contributed by atoms with Gasteiger partial charge in [-0.2, -0.15) is 0 Å². The lowest BCUT2D eigenvalue weighted by atomic mass is 9.94. The van der Waals surface area contributed by atoms with E-state index in [4.69, 9.17) is 0 Å². The highest BCUT2D eigenvalue weighted by atomic mass is 16.1. The standard InChI is InChI=1S/C24H34N6O/c1-7-24(5,6)30-22(26-27-28-30)21(29-12-10-15(2)11-13-29)19-14-18-9-8-16(3)17(4)20(18)25-23(19)31/h8-9,14-15,21H,7,10-13H2,1-6H3,(H,25,31)/t21-/m0/s1. The van der Waals surface area contributed by atoms with Crippen LogP contribution in [0, 0.1) is 19.8 Å².